The Kier molecular flexibility index (Phi) is 10.9. The van der Waals surface area contributed by atoms with Gasteiger partial charge in [-0.1, -0.05) is 74.7 Å². The van der Waals surface area contributed by atoms with Crippen LogP contribution in [-0.2, 0) is 15.6 Å². The first-order chi connectivity index (χ1) is 13.9. The summed E-state index contributed by atoms with van der Waals surface area (Å²) in [4.78, 5) is 0. The predicted molar refractivity (Wildman–Crippen MR) is 125 cm³/mol. The summed E-state index contributed by atoms with van der Waals surface area (Å²) in [6.07, 6.45) is 6.01. The van der Waals surface area contributed by atoms with Gasteiger partial charge in [0.15, 0.2) is 0 Å². The monoisotopic (exact) mass is 513 g/mol. The van der Waals surface area contributed by atoms with E-state index in [4.69, 9.17) is 44.8 Å². The van der Waals surface area contributed by atoms with Crippen LogP contribution in [0.4, 0.5) is 0 Å². The van der Waals surface area contributed by atoms with E-state index in [0.29, 0.717) is 0 Å². The third kappa shape index (κ3) is 10.2. The van der Waals surface area contributed by atoms with E-state index in [1.807, 2.05) is 6.07 Å². The number of rotatable bonds is 7. The number of unbranched alkanes of at least 4 members (excludes halogenated alkanes) is 3. The average molecular weight is 515 g/mol. The van der Waals surface area contributed by atoms with E-state index in [9.17, 15) is 0 Å². The van der Waals surface area contributed by atoms with E-state index < -0.39 is 9.20 Å². The molecule has 1 heterocycles. The van der Waals surface area contributed by atoms with Crippen LogP contribution in [0.25, 0.3) is 22.5 Å². The Hall–Kier alpha value is -0.731. The van der Waals surface area contributed by atoms with Gasteiger partial charge in [-0.05, 0) is 24.1 Å². The van der Waals surface area contributed by atoms with Crippen molar-refractivity contribution in [2.24, 2.45) is 0 Å². The Labute approximate surface area is 193 Å². The predicted octanol–water partition coefficient (Wildman–Crippen LogP) is 9.77. The van der Waals surface area contributed by atoms with E-state index in [1.165, 1.54) is 36.8 Å². The van der Waals surface area contributed by atoms with Gasteiger partial charge in [-0.15, -0.1) is 0 Å². The molecular weight excluding hydrogens is 490 g/mol. The third-order valence-corrected chi connectivity index (χ3v) is 4.29. The van der Waals surface area contributed by atoms with Gasteiger partial charge in [0.1, 0.15) is 0 Å². The van der Waals surface area contributed by atoms with Crippen LogP contribution < -0.4 is 0 Å². The molecule has 0 saturated heterocycles. The number of aryl methyl sites for hydroxylation is 1. The van der Waals surface area contributed by atoms with Crippen LogP contribution in [0.15, 0.2) is 77.2 Å². The SMILES string of the molecule is CCCCCCc1cc(-c2ccccc2)cc(-c2ccccc2)[o+]1.[Cl][Fe-]([Cl])([Cl])[Cl]. The van der Waals surface area contributed by atoms with Gasteiger partial charge >= 0.3 is 61.1 Å². The molecule has 3 aromatic rings. The van der Waals surface area contributed by atoms with Crippen molar-refractivity contribution in [3.8, 4) is 22.5 Å². The van der Waals surface area contributed by atoms with Crippen molar-refractivity contribution in [2.45, 2.75) is 39.0 Å². The van der Waals surface area contributed by atoms with Crippen LogP contribution in [-0.4, -0.2) is 0 Å². The van der Waals surface area contributed by atoms with E-state index in [0.717, 1.165) is 23.5 Å². The topological polar surface area (TPSA) is 11.3 Å². The molecule has 0 atom stereocenters. The molecule has 3 rings (SSSR count). The van der Waals surface area contributed by atoms with Gasteiger partial charge in [-0.2, -0.15) is 0 Å². The maximum atomic E-state index is 6.21. The Balaban J connectivity index is 0.000000537. The molecule has 0 spiro atoms. The first-order valence-electron chi connectivity index (χ1n) is 9.48. The second-order valence-corrected chi connectivity index (χ2v) is 17.5. The molecule has 0 amide bonds. The summed E-state index contributed by atoms with van der Waals surface area (Å²) in [6.45, 7) is 2.24. The molecule has 1 nitrogen and oxygen atoms in total. The minimum atomic E-state index is -2.61. The van der Waals surface area contributed by atoms with Crippen LogP contribution in [0.3, 0.4) is 0 Å². The molecule has 0 saturated carbocycles. The summed E-state index contributed by atoms with van der Waals surface area (Å²) in [5, 5.41) is 0. The second kappa shape index (κ2) is 12.8. The minimum absolute atomic E-state index is 0.947. The summed E-state index contributed by atoms with van der Waals surface area (Å²) >= 11 is 0. The molecule has 0 aliphatic rings. The number of hydrogen-bond donors (Lipinski definition) is 0. The average Bonchev–Trinajstić information content (AvgIpc) is 2.71. The quantitative estimate of drug-likeness (QED) is 0.173. The van der Waals surface area contributed by atoms with Gasteiger partial charge in [-0.25, -0.2) is 4.42 Å². The normalized spacial score (nSPS) is 11.5. The zero-order valence-corrected chi connectivity index (χ0v) is 20.4. The Morgan fingerprint density at radius 3 is 1.79 bits per heavy atom. The number of halogens is 4. The summed E-state index contributed by atoms with van der Waals surface area (Å²) in [5.41, 5.74) is 3.59. The first kappa shape index (κ1) is 24.5. The molecule has 2 aromatic carbocycles. The molecule has 6 heteroatoms. The van der Waals surface area contributed by atoms with Gasteiger partial charge in [0.25, 0.3) is 0 Å². The summed E-state index contributed by atoms with van der Waals surface area (Å²) < 4.78 is 6.21. The van der Waals surface area contributed by atoms with Gasteiger partial charge in [0, 0.05) is 11.6 Å². The van der Waals surface area contributed by atoms with E-state index in [1.54, 1.807) is 0 Å². The van der Waals surface area contributed by atoms with Crippen molar-refractivity contribution in [3.05, 3.63) is 78.6 Å². The molecule has 0 aliphatic carbocycles. The van der Waals surface area contributed by atoms with Crippen LogP contribution >= 0.6 is 40.4 Å². The van der Waals surface area contributed by atoms with Gasteiger partial charge < -0.3 is 0 Å². The Bertz CT molecular complexity index is 788. The number of benzene rings is 2. The molecule has 0 unspecified atom stereocenters. The zero-order valence-electron chi connectivity index (χ0n) is 16.2. The molecular formula is C23H25Cl4FeO. The van der Waals surface area contributed by atoms with Crippen LogP contribution in [0.1, 0.15) is 38.4 Å². The molecule has 0 N–H and O–H groups in total. The Morgan fingerprint density at radius 2 is 1.24 bits per heavy atom. The van der Waals surface area contributed by atoms with E-state index in [2.05, 4.69) is 73.7 Å². The van der Waals surface area contributed by atoms with Crippen molar-refractivity contribution in [2.75, 3.05) is 0 Å². The maximum absolute atomic E-state index is 6.21. The molecule has 0 fully saturated rings. The van der Waals surface area contributed by atoms with Crippen molar-refractivity contribution >= 4 is 40.4 Å². The zero-order chi connectivity index (χ0) is 21.1. The van der Waals surface area contributed by atoms with Crippen molar-refractivity contribution in [1.29, 1.82) is 0 Å². The fourth-order valence-corrected chi connectivity index (χ4v) is 2.95. The van der Waals surface area contributed by atoms with Crippen molar-refractivity contribution in [1.82, 2.24) is 0 Å². The molecule has 0 bridgehead atoms. The molecule has 0 radical (unpaired) electrons. The summed E-state index contributed by atoms with van der Waals surface area (Å²) in [6, 6.07) is 25.3. The molecule has 159 valence electrons. The van der Waals surface area contributed by atoms with Crippen molar-refractivity contribution < 1.29 is 13.6 Å². The third-order valence-electron chi connectivity index (χ3n) is 4.29. The fraction of sp³-hybridized carbons (Fsp3) is 0.261. The van der Waals surface area contributed by atoms with Crippen LogP contribution in [0.5, 0.6) is 0 Å². The first-order valence-corrected chi connectivity index (χ1v) is 15.6. The van der Waals surface area contributed by atoms with E-state index >= 15 is 0 Å². The summed E-state index contributed by atoms with van der Waals surface area (Å²) in [7, 11) is 17.2. The van der Waals surface area contributed by atoms with E-state index in [-0.39, 0.29) is 0 Å². The Morgan fingerprint density at radius 1 is 0.690 bits per heavy atom. The van der Waals surface area contributed by atoms with Crippen molar-refractivity contribution in [3.63, 3.8) is 0 Å². The summed E-state index contributed by atoms with van der Waals surface area (Å²) in [5.74, 6) is 2.02. The molecule has 1 aromatic heterocycles. The fourth-order valence-electron chi connectivity index (χ4n) is 2.95. The van der Waals surface area contributed by atoms with Gasteiger partial charge in [0.2, 0.25) is 0 Å². The number of hydrogen-bond acceptors (Lipinski definition) is 0. The van der Waals surface area contributed by atoms with Gasteiger partial charge in [0.05, 0.1) is 18.1 Å². The van der Waals surface area contributed by atoms with Crippen LogP contribution in [0.2, 0.25) is 0 Å². The standard InChI is InChI=1S/C23H25O.4ClH.Fe/c1-2-3-4-11-16-22-17-21(19-12-7-5-8-13-19)18-23(24-22)20-14-9-6-10-15-20;;;;;/h5-10,12-15,17-18H,2-4,11,16H2,1H3;4*1H;/q+1;;;;;+3/p-4. The van der Waals surface area contributed by atoms with Gasteiger partial charge in [-0.3, -0.25) is 0 Å². The second-order valence-electron chi connectivity index (χ2n) is 6.52. The molecule has 29 heavy (non-hydrogen) atoms. The van der Waals surface area contributed by atoms with Crippen LogP contribution in [0, 0.1) is 0 Å². The molecule has 0 aliphatic heterocycles.